The molecule has 0 amide bonds. The Morgan fingerprint density at radius 1 is 1.10 bits per heavy atom. The highest BCUT2D eigenvalue weighted by atomic mass is 32.1. The zero-order valence-electron chi connectivity index (χ0n) is 10.8. The van der Waals surface area contributed by atoms with Gasteiger partial charge in [0, 0.05) is 16.8 Å². The first-order valence-electron chi connectivity index (χ1n) is 6.34. The van der Waals surface area contributed by atoms with E-state index in [1.807, 2.05) is 6.07 Å². The number of hydrogen-bond acceptors (Lipinski definition) is 3. The van der Waals surface area contributed by atoms with Crippen LogP contribution < -0.4 is 10.5 Å². The summed E-state index contributed by atoms with van der Waals surface area (Å²) in [5, 5.41) is 3.28. The molecular weight excluding hydrogens is 273 g/mol. The average molecular weight is 287 g/mol. The van der Waals surface area contributed by atoms with Crippen LogP contribution in [-0.2, 0) is 13.2 Å². The molecule has 0 aliphatic carbocycles. The number of fused-ring (bicyclic) bond motifs is 1. The van der Waals surface area contributed by atoms with Crippen LogP contribution in [0.25, 0.3) is 10.1 Å². The Morgan fingerprint density at radius 2 is 1.90 bits per heavy atom. The minimum Gasteiger partial charge on any atom is -0.489 e. The number of halogens is 1. The molecule has 1 heterocycles. The van der Waals surface area contributed by atoms with Gasteiger partial charge in [-0.05, 0) is 46.7 Å². The van der Waals surface area contributed by atoms with E-state index >= 15 is 0 Å². The van der Waals surface area contributed by atoms with Gasteiger partial charge in [-0.2, -0.15) is 0 Å². The van der Waals surface area contributed by atoms with Gasteiger partial charge in [-0.25, -0.2) is 4.39 Å². The third-order valence-corrected chi connectivity index (χ3v) is 4.16. The Bertz CT molecular complexity index is 721. The third kappa shape index (κ3) is 2.66. The second-order valence-electron chi connectivity index (χ2n) is 4.54. The molecule has 0 saturated heterocycles. The van der Waals surface area contributed by atoms with Crippen LogP contribution in [0, 0.1) is 5.82 Å². The highest BCUT2D eigenvalue weighted by Gasteiger charge is 2.05. The summed E-state index contributed by atoms with van der Waals surface area (Å²) in [5.41, 5.74) is 7.91. The van der Waals surface area contributed by atoms with E-state index in [0.29, 0.717) is 18.9 Å². The SMILES string of the molecule is NCc1ccc2c(COc3ccc(F)cc3)csc2c1. The molecule has 0 atom stereocenters. The average Bonchev–Trinajstić information content (AvgIpc) is 2.89. The first-order valence-corrected chi connectivity index (χ1v) is 7.21. The summed E-state index contributed by atoms with van der Waals surface area (Å²) in [4.78, 5) is 0. The fraction of sp³-hybridized carbons (Fsp3) is 0.125. The van der Waals surface area contributed by atoms with Crippen LogP contribution in [0.4, 0.5) is 4.39 Å². The molecule has 4 heteroatoms. The predicted molar refractivity (Wildman–Crippen MR) is 80.4 cm³/mol. The molecule has 1 aromatic heterocycles. The molecule has 0 fully saturated rings. The van der Waals surface area contributed by atoms with Gasteiger partial charge in [-0.3, -0.25) is 0 Å². The van der Waals surface area contributed by atoms with Crippen LogP contribution in [-0.4, -0.2) is 0 Å². The minimum absolute atomic E-state index is 0.257. The van der Waals surface area contributed by atoms with Gasteiger partial charge in [0.2, 0.25) is 0 Å². The van der Waals surface area contributed by atoms with Crippen LogP contribution >= 0.6 is 11.3 Å². The second-order valence-corrected chi connectivity index (χ2v) is 5.45. The van der Waals surface area contributed by atoms with Gasteiger partial charge in [-0.1, -0.05) is 12.1 Å². The second kappa shape index (κ2) is 5.61. The van der Waals surface area contributed by atoms with Crippen molar-refractivity contribution in [3.8, 4) is 5.75 Å². The van der Waals surface area contributed by atoms with Crippen LogP contribution in [0.1, 0.15) is 11.1 Å². The van der Waals surface area contributed by atoms with E-state index in [1.54, 1.807) is 23.5 Å². The maximum atomic E-state index is 12.8. The predicted octanol–water partition coefficient (Wildman–Crippen LogP) is 4.08. The largest absolute Gasteiger partial charge is 0.489 e. The number of thiophene rings is 1. The first-order chi connectivity index (χ1) is 9.76. The smallest absolute Gasteiger partial charge is 0.123 e. The number of ether oxygens (including phenoxy) is 1. The molecule has 3 rings (SSSR count). The number of hydrogen-bond donors (Lipinski definition) is 1. The highest BCUT2D eigenvalue weighted by Crippen LogP contribution is 2.28. The third-order valence-electron chi connectivity index (χ3n) is 3.16. The van der Waals surface area contributed by atoms with E-state index < -0.39 is 0 Å². The highest BCUT2D eigenvalue weighted by molar-refractivity contribution is 7.17. The molecule has 0 saturated carbocycles. The summed E-state index contributed by atoms with van der Waals surface area (Å²) in [6.07, 6.45) is 0. The molecule has 0 aliphatic heterocycles. The van der Waals surface area contributed by atoms with Gasteiger partial charge in [0.15, 0.2) is 0 Å². The number of nitrogens with two attached hydrogens (primary N) is 1. The van der Waals surface area contributed by atoms with Crippen molar-refractivity contribution in [3.63, 3.8) is 0 Å². The fourth-order valence-corrected chi connectivity index (χ4v) is 3.07. The monoisotopic (exact) mass is 287 g/mol. The fourth-order valence-electron chi connectivity index (χ4n) is 2.06. The van der Waals surface area contributed by atoms with Crippen molar-refractivity contribution >= 4 is 21.4 Å². The Kier molecular flexibility index (Phi) is 3.67. The van der Waals surface area contributed by atoms with Crippen LogP contribution in [0.3, 0.4) is 0 Å². The zero-order valence-corrected chi connectivity index (χ0v) is 11.6. The Hall–Kier alpha value is -1.91. The lowest BCUT2D eigenvalue weighted by Gasteiger charge is -2.05. The standard InChI is InChI=1S/C16H14FNOS/c17-13-2-4-14(5-3-13)19-9-12-10-20-16-7-11(8-18)1-6-15(12)16/h1-7,10H,8-9,18H2. The molecule has 0 spiro atoms. The summed E-state index contributed by atoms with van der Waals surface area (Å²) in [6.45, 7) is 1.03. The van der Waals surface area contributed by atoms with Gasteiger partial charge in [0.1, 0.15) is 18.2 Å². The maximum Gasteiger partial charge on any atom is 0.123 e. The Morgan fingerprint density at radius 3 is 2.65 bits per heavy atom. The molecule has 2 nitrogen and oxygen atoms in total. The molecule has 0 unspecified atom stereocenters. The lowest BCUT2D eigenvalue weighted by atomic mass is 10.1. The van der Waals surface area contributed by atoms with Gasteiger partial charge in [0.05, 0.1) is 0 Å². The van der Waals surface area contributed by atoms with Crippen LogP contribution in [0.5, 0.6) is 5.75 Å². The molecular formula is C16H14FNOS. The van der Waals surface area contributed by atoms with Crippen LogP contribution in [0.15, 0.2) is 47.8 Å². The van der Waals surface area contributed by atoms with Crippen molar-refractivity contribution in [1.82, 2.24) is 0 Å². The van der Waals surface area contributed by atoms with Crippen molar-refractivity contribution in [2.24, 2.45) is 5.73 Å². The van der Waals surface area contributed by atoms with Crippen molar-refractivity contribution in [2.75, 3.05) is 0 Å². The maximum absolute atomic E-state index is 12.8. The zero-order chi connectivity index (χ0) is 13.9. The van der Waals surface area contributed by atoms with Crippen LogP contribution in [0.2, 0.25) is 0 Å². The Balaban J connectivity index is 1.79. The normalized spacial score (nSPS) is 10.9. The molecule has 0 aliphatic rings. The molecule has 20 heavy (non-hydrogen) atoms. The molecule has 0 bridgehead atoms. The van der Waals surface area contributed by atoms with E-state index in [1.165, 1.54) is 22.2 Å². The van der Waals surface area contributed by atoms with Gasteiger partial charge >= 0.3 is 0 Å². The summed E-state index contributed by atoms with van der Waals surface area (Å²) in [5.74, 6) is 0.414. The summed E-state index contributed by atoms with van der Waals surface area (Å²) in [6, 6.07) is 12.3. The van der Waals surface area contributed by atoms with E-state index in [-0.39, 0.29) is 5.82 Å². The molecule has 102 valence electrons. The number of rotatable bonds is 4. The topological polar surface area (TPSA) is 35.2 Å². The van der Waals surface area contributed by atoms with Gasteiger partial charge in [-0.15, -0.1) is 11.3 Å². The lowest BCUT2D eigenvalue weighted by Crippen LogP contribution is -1.96. The van der Waals surface area contributed by atoms with Gasteiger partial charge < -0.3 is 10.5 Å². The van der Waals surface area contributed by atoms with Crippen molar-refractivity contribution in [3.05, 3.63) is 64.8 Å². The van der Waals surface area contributed by atoms with E-state index in [0.717, 1.165) is 11.1 Å². The van der Waals surface area contributed by atoms with Gasteiger partial charge in [0.25, 0.3) is 0 Å². The molecule has 2 N–H and O–H groups in total. The van der Waals surface area contributed by atoms with E-state index in [4.69, 9.17) is 10.5 Å². The molecule has 2 aromatic carbocycles. The van der Waals surface area contributed by atoms with E-state index in [9.17, 15) is 4.39 Å². The van der Waals surface area contributed by atoms with Crippen molar-refractivity contribution < 1.29 is 9.13 Å². The summed E-state index contributed by atoms with van der Waals surface area (Å²) >= 11 is 1.69. The molecule has 3 aromatic rings. The van der Waals surface area contributed by atoms with Crippen molar-refractivity contribution in [1.29, 1.82) is 0 Å². The summed E-state index contributed by atoms with van der Waals surface area (Å²) < 4.78 is 19.7. The Labute approximate surface area is 120 Å². The van der Waals surface area contributed by atoms with E-state index in [2.05, 4.69) is 17.5 Å². The number of benzene rings is 2. The quantitative estimate of drug-likeness (QED) is 0.784. The molecule has 0 radical (unpaired) electrons. The minimum atomic E-state index is -0.257. The van der Waals surface area contributed by atoms with Crippen molar-refractivity contribution in [2.45, 2.75) is 13.2 Å². The lowest BCUT2D eigenvalue weighted by molar-refractivity contribution is 0.307. The summed E-state index contributed by atoms with van der Waals surface area (Å²) in [7, 11) is 0. The first kappa shape index (κ1) is 13.1.